The summed E-state index contributed by atoms with van der Waals surface area (Å²) >= 11 is 8.00. The van der Waals surface area contributed by atoms with Crippen LogP contribution in [0.1, 0.15) is 44.0 Å². The van der Waals surface area contributed by atoms with Crippen LogP contribution in [0.5, 0.6) is 5.75 Å². The number of rotatable bonds is 5. The minimum absolute atomic E-state index is 0.0805. The largest absolute Gasteiger partial charge is 0.492 e. The first-order valence-corrected chi connectivity index (χ1v) is 8.74. The molecule has 3 nitrogen and oxygen atoms in total. The first kappa shape index (κ1) is 17.6. The molecule has 5 heteroatoms. The molecule has 1 aromatic carbocycles. The van der Waals surface area contributed by atoms with Crippen molar-refractivity contribution in [1.29, 1.82) is 0 Å². The minimum Gasteiger partial charge on any atom is -0.492 e. The Bertz CT molecular complexity index is 552. The van der Waals surface area contributed by atoms with Crippen molar-refractivity contribution in [2.24, 2.45) is 5.41 Å². The Morgan fingerprint density at radius 3 is 2.68 bits per heavy atom. The monoisotopic (exact) mass is 342 g/mol. The Balaban J connectivity index is 2.19. The number of fused-ring (bicyclic) bond motifs is 1. The average molecular weight is 343 g/mol. The summed E-state index contributed by atoms with van der Waals surface area (Å²) < 4.78 is 10.7. The number of Topliss-reactive ketones (excluding diaryl/α,β-unsaturated/α-hetero) is 1. The van der Waals surface area contributed by atoms with E-state index >= 15 is 0 Å². The maximum absolute atomic E-state index is 12.4. The quantitative estimate of drug-likeness (QED) is 0.717. The molecule has 1 heterocycles. The number of thioether (sulfide) groups is 1. The van der Waals surface area contributed by atoms with Crippen molar-refractivity contribution in [2.45, 2.75) is 43.8 Å². The molecule has 0 aliphatic carbocycles. The lowest BCUT2D eigenvalue weighted by atomic mass is 9.87. The minimum atomic E-state index is 0.0805. The Morgan fingerprint density at radius 1 is 1.32 bits per heavy atom. The molecule has 1 unspecified atom stereocenters. The lowest BCUT2D eigenvalue weighted by molar-refractivity contribution is 0.0963. The molecule has 1 atom stereocenters. The summed E-state index contributed by atoms with van der Waals surface area (Å²) in [6, 6.07) is 3.65. The van der Waals surface area contributed by atoms with Crippen molar-refractivity contribution in [1.82, 2.24) is 0 Å². The molecule has 0 fully saturated rings. The third kappa shape index (κ3) is 4.18. The Labute approximate surface area is 141 Å². The SMILES string of the molecule is COCCCOc1cc2c(cc1Cl)C(=O)CC(C(C)(C)C)S2. The number of hydrogen-bond donors (Lipinski definition) is 0. The van der Waals surface area contributed by atoms with Gasteiger partial charge in [0.05, 0.1) is 11.6 Å². The van der Waals surface area contributed by atoms with Gasteiger partial charge < -0.3 is 9.47 Å². The van der Waals surface area contributed by atoms with Gasteiger partial charge in [0, 0.05) is 42.3 Å². The van der Waals surface area contributed by atoms with Crippen LogP contribution < -0.4 is 4.74 Å². The van der Waals surface area contributed by atoms with E-state index in [9.17, 15) is 4.79 Å². The van der Waals surface area contributed by atoms with Gasteiger partial charge in [0.15, 0.2) is 5.78 Å². The Hall–Kier alpha value is -0.710. The molecular formula is C17H23ClO3S. The van der Waals surface area contributed by atoms with Crippen molar-refractivity contribution in [3.05, 3.63) is 22.7 Å². The van der Waals surface area contributed by atoms with Crippen LogP contribution in [0.15, 0.2) is 17.0 Å². The molecule has 0 aromatic heterocycles. The first-order chi connectivity index (χ1) is 10.3. The standard InChI is InChI=1S/C17H23ClO3S/c1-17(2,3)16-9-13(19)11-8-12(18)14(10-15(11)22-16)21-7-5-6-20-4/h8,10,16H,5-7,9H2,1-4H3. The highest BCUT2D eigenvalue weighted by molar-refractivity contribution is 8.00. The fourth-order valence-corrected chi connectivity index (χ4v) is 3.89. The number of ketones is 1. The van der Waals surface area contributed by atoms with E-state index in [1.807, 2.05) is 6.07 Å². The second kappa shape index (κ2) is 7.24. The summed E-state index contributed by atoms with van der Waals surface area (Å²) in [5.74, 6) is 0.813. The van der Waals surface area contributed by atoms with Crippen molar-refractivity contribution < 1.29 is 14.3 Å². The molecule has 22 heavy (non-hydrogen) atoms. The van der Waals surface area contributed by atoms with Gasteiger partial charge in [-0.05, 0) is 17.5 Å². The fraction of sp³-hybridized carbons (Fsp3) is 0.588. The number of carbonyl (C=O) groups excluding carboxylic acids is 1. The van der Waals surface area contributed by atoms with Crippen LogP contribution in [0, 0.1) is 5.41 Å². The number of benzene rings is 1. The molecule has 0 radical (unpaired) electrons. The van der Waals surface area contributed by atoms with E-state index in [1.165, 1.54) is 0 Å². The van der Waals surface area contributed by atoms with Crippen LogP contribution in [0.4, 0.5) is 0 Å². The van der Waals surface area contributed by atoms with E-state index in [-0.39, 0.29) is 16.4 Å². The molecule has 0 spiro atoms. The zero-order valence-electron chi connectivity index (χ0n) is 13.6. The van der Waals surface area contributed by atoms with Gasteiger partial charge in [-0.3, -0.25) is 4.79 Å². The second-order valence-electron chi connectivity index (χ2n) is 6.57. The first-order valence-electron chi connectivity index (χ1n) is 7.48. The summed E-state index contributed by atoms with van der Waals surface area (Å²) in [6.45, 7) is 7.71. The number of halogens is 1. The molecule has 0 amide bonds. The summed E-state index contributed by atoms with van der Waals surface area (Å²) in [5.41, 5.74) is 0.802. The van der Waals surface area contributed by atoms with Crippen LogP contribution in [-0.4, -0.2) is 31.4 Å². The van der Waals surface area contributed by atoms with Crippen LogP contribution in [-0.2, 0) is 4.74 Å². The van der Waals surface area contributed by atoms with E-state index in [0.717, 1.165) is 16.9 Å². The van der Waals surface area contributed by atoms with Crippen LogP contribution in [0.2, 0.25) is 5.02 Å². The van der Waals surface area contributed by atoms with Gasteiger partial charge in [-0.25, -0.2) is 0 Å². The predicted molar refractivity (Wildman–Crippen MR) is 91.5 cm³/mol. The third-order valence-electron chi connectivity index (χ3n) is 3.69. The van der Waals surface area contributed by atoms with Crippen LogP contribution in [0.3, 0.4) is 0 Å². The van der Waals surface area contributed by atoms with E-state index in [0.29, 0.717) is 30.4 Å². The maximum atomic E-state index is 12.4. The van der Waals surface area contributed by atoms with Gasteiger partial charge in [-0.1, -0.05) is 32.4 Å². The smallest absolute Gasteiger partial charge is 0.165 e. The van der Waals surface area contributed by atoms with Gasteiger partial charge in [-0.2, -0.15) is 0 Å². The molecule has 122 valence electrons. The molecule has 0 saturated heterocycles. The van der Waals surface area contributed by atoms with E-state index in [1.54, 1.807) is 24.9 Å². The molecule has 2 rings (SSSR count). The normalized spacial score (nSPS) is 18.2. The molecular weight excluding hydrogens is 320 g/mol. The summed E-state index contributed by atoms with van der Waals surface area (Å²) in [5, 5.41) is 0.773. The van der Waals surface area contributed by atoms with Crippen molar-refractivity contribution in [2.75, 3.05) is 20.3 Å². The maximum Gasteiger partial charge on any atom is 0.165 e. The lowest BCUT2D eigenvalue weighted by Gasteiger charge is -2.33. The highest BCUT2D eigenvalue weighted by Crippen LogP contribution is 2.45. The average Bonchev–Trinajstić information content (AvgIpc) is 2.43. The molecule has 0 N–H and O–H groups in total. The molecule has 1 aliphatic heterocycles. The van der Waals surface area contributed by atoms with Crippen molar-refractivity contribution in [3.63, 3.8) is 0 Å². The zero-order valence-corrected chi connectivity index (χ0v) is 15.1. The summed E-state index contributed by atoms with van der Waals surface area (Å²) in [7, 11) is 1.67. The molecule has 0 bridgehead atoms. The van der Waals surface area contributed by atoms with Gasteiger partial charge in [0.1, 0.15) is 5.75 Å². The second-order valence-corrected chi connectivity index (χ2v) is 8.23. The van der Waals surface area contributed by atoms with Gasteiger partial charge in [0.2, 0.25) is 0 Å². The van der Waals surface area contributed by atoms with Gasteiger partial charge >= 0.3 is 0 Å². The zero-order chi connectivity index (χ0) is 16.3. The highest BCUT2D eigenvalue weighted by Gasteiger charge is 2.34. The number of carbonyl (C=O) groups is 1. The van der Waals surface area contributed by atoms with E-state index < -0.39 is 0 Å². The molecule has 1 aromatic rings. The molecule has 0 saturated carbocycles. The Morgan fingerprint density at radius 2 is 2.05 bits per heavy atom. The van der Waals surface area contributed by atoms with E-state index in [4.69, 9.17) is 21.1 Å². The van der Waals surface area contributed by atoms with Crippen molar-refractivity contribution in [3.8, 4) is 5.75 Å². The number of ether oxygens (including phenoxy) is 2. The number of methoxy groups -OCH3 is 1. The number of hydrogen-bond acceptors (Lipinski definition) is 4. The Kier molecular flexibility index (Phi) is 5.81. The predicted octanol–water partition coefficient (Wildman–Crippen LogP) is 4.85. The van der Waals surface area contributed by atoms with E-state index in [2.05, 4.69) is 20.8 Å². The lowest BCUT2D eigenvalue weighted by Crippen LogP contribution is -2.29. The third-order valence-corrected chi connectivity index (χ3v) is 5.74. The van der Waals surface area contributed by atoms with Crippen LogP contribution >= 0.6 is 23.4 Å². The summed E-state index contributed by atoms with van der Waals surface area (Å²) in [4.78, 5) is 13.4. The van der Waals surface area contributed by atoms with Gasteiger partial charge in [0.25, 0.3) is 0 Å². The summed E-state index contributed by atoms with van der Waals surface area (Å²) in [6.07, 6.45) is 1.37. The van der Waals surface area contributed by atoms with Crippen molar-refractivity contribution >= 4 is 29.1 Å². The van der Waals surface area contributed by atoms with Crippen LogP contribution in [0.25, 0.3) is 0 Å². The fourth-order valence-electron chi connectivity index (χ4n) is 2.30. The topological polar surface area (TPSA) is 35.5 Å². The van der Waals surface area contributed by atoms with Gasteiger partial charge in [-0.15, -0.1) is 11.8 Å². The molecule has 1 aliphatic rings. The highest BCUT2D eigenvalue weighted by atomic mass is 35.5.